The quantitative estimate of drug-likeness (QED) is 0.633. The minimum atomic E-state index is -0.316. The average Bonchev–Trinajstić information content (AvgIpc) is 2.36. The van der Waals surface area contributed by atoms with Crippen molar-refractivity contribution in [1.29, 1.82) is 0 Å². The van der Waals surface area contributed by atoms with Crippen LogP contribution in [0.25, 0.3) is 0 Å². The molecule has 0 fully saturated rings. The third kappa shape index (κ3) is 4.95. The highest BCUT2D eigenvalue weighted by Gasteiger charge is 2.08. The molecule has 0 heterocycles. The van der Waals surface area contributed by atoms with Gasteiger partial charge in [-0.15, -0.1) is 0 Å². The van der Waals surface area contributed by atoms with Gasteiger partial charge >= 0.3 is 0 Å². The van der Waals surface area contributed by atoms with Gasteiger partial charge in [-0.25, -0.2) is 4.39 Å². The number of halogens is 1. The summed E-state index contributed by atoms with van der Waals surface area (Å²) in [5.41, 5.74) is 7.29. The molecule has 4 heteroatoms. The van der Waals surface area contributed by atoms with Crippen LogP contribution in [0.5, 0.6) is 0 Å². The normalized spacial score (nSPS) is 12.4. The van der Waals surface area contributed by atoms with Crippen LogP contribution < -0.4 is 11.1 Å². The first-order valence-electron chi connectivity index (χ1n) is 6.20. The van der Waals surface area contributed by atoms with Crippen LogP contribution in [0.15, 0.2) is 47.7 Å². The summed E-state index contributed by atoms with van der Waals surface area (Å²) in [5, 5.41) is 2.72. The second-order valence-corrected chi connectivity index (χ2v) is 4.22. The lowest BCUT2D eigenvalue weighted by Crippen LogP contribution is -2.25. The van der Waals surface area contributed by atoms with Crippen molar-refractivity contribution in [2.75, 3.05) is 0 Å². The number of benzene rings is 1. The number of allylic oxidation sites excluding steroid dienone is 2. The SMILES string of the molecule is CC/C=C\C(C(=O)NCc1cccc(F)c1)=C(/C)N. The maximum Gasteiger partial charge on any atom is 0.253 e. The van der Waals surface area contributed by atoms with E-state index in [1.165, 1.54) is 12.1 Å². The minimum Gasteiger partial charge on any atom is -0.402 e. The van der Waals surface area contributed by atoms with E-state index in [1.807, 2.05) is 13.0 Å². The Morgan fingerprint density at radius 2 is 2.21 bits per heavy atom. The Balaban J connectivity index is 2.69. The number of nitrogens with one attached hydrogen (secondary N) is 1. The third-order valence-electron chi connectivity index (χ3n) is 2.53. The molecule has 1 aromatic rings. The summed E-state index contributed by atoms with van der Waals surface area (Å²) in [6.07, 6.45) is 4.40. The summed E-state index contributed by atoms with van der Waals surface area (Å²) < 4.78 is 13.0. The molecule has 0 bridgehead atoms. The van der Waals surface area contributed by atoms with Crippen molar-refractivity contribution in [1.82, 2.24) is 5.32 Å². The fraction of sp³-hybridized carbons (Fsp3) is 0.267. The van der Waals surface area contributed by atoms with E-state index in [-0.39, 0.29) is 18.3 Å². The van der Waals surface area contributed by atoms with E-state index in [4.69, 9.17) is 5.73 Å². The van der Waals surface area contributed by atoms with Crippen LogP contribution in [0.2, 0.25) is 0 Å². The Hall–Kier alpha value is -2.10. The fourth-order valence-corrected chi connectivity index (χ4v) is 1.55. The van der Waals surface area contributed by atoms with Crippen LogP contribution in [-0.2, 0) is 11.3 Å². The molecule has 1 rings (SSSR count). The van der Waals surface area contributed by atoms with Gasteiger partial charge < -0.3 is 11.1 Å². The molecule has 3 N–H and O–H groups in total. The Bertz CT molecular complexity index is 503. The lowest BCUT2D eigenvalue weighted by Gasteiger charge is -2.07. The molecule has 19 heavy (non-hydrogen) atoms. The van der Waals surface area contributed by atoms with Gasteiger partial charge in [0.05, 0.1) is 5.57 Å². The molecule has 0 aliphatic rings. The molecule has 0 aromatic heterocycles. The van der Waals surface area contributed by atoms with Gasteiger partial charge in [0.2, 0.25) is 0 Å². The average molecular weight is 262 g/mol. The Kier molecular flexibility index (Phi) is 5.79. The van der Waals surface area contributed by atoms with E-state index in [0.29, 0.717) is 16.8 Å². The van der Waals surface area contributed by atoms with Crippen molar-refractivity contribution in [3.63, 3.8) is 0 Å². The smallest absolute Gasteiger partial charge is 0.253 e. The molecule has 0 radical (unpaired) electrons. The Morgan fingerprint density at radius 1 is 1.47 bits per heavy atom. The topological polar surface area (TPSA) is 55.1 Å². The van der Waals surface area contributed by atoms with Crippen molar-refractivity contribution in [2.24, 2.45) is 5.73 Å². The highest BCUT2D eigenvalue weighted by Crippen LogP contribution is 2.06. The van der Waals surface area contributed by atoms with Crippen LogP contribution in [0.1, 0.15) is 25.8 Å². The second-order valence-electron chi connectivity index (χ2n) is 4.22. The Morgan fingerprint density at radius 3 is 2.79 bits per heavy atom. The summed E-state index contributed by atoms with van der Waals surface area (Å²) in [6.45, 7) is 3.93. The summed E-state index contributed by atoms with van der Waals surface area (Å²) in [6, 6.07) is 6.12. The first kappa shape index (κ1) is 15.0. The van der Waals surface area contributed by atoms with E-state index in [2.05, 4.69) is 5.32 Å². The number of carbonyl (C=O) groups excluding carboxylic acids is 1. The lowest BCUT2D eigenvalue weighted by molar-refractivity contribution is -0.117. The zero-order valence-electron chi connectivity index (χ0n) is 11.2. The van der Waals surface area contributed by atoms with E-state index in [0.717, 1.165) is 6.42 Å². The predicted octanol–water partition coefficient (Wildman–Crippen LogP) is 2.64. The van der Waals surface area contributed by atoms with Gasteiger partial charge in [-0.3, -0.25) is 4.79 Å². The van der Waals surface area contributed by atoms with Gasteiger partial charge in [0, 0.05) is 12.2 Å². The maximum absolute atomic E-state index is 13.0. The van der Waals surface area contributed by atoms with Crippen LogP contribution >= 0.6 is 0 Å². The molecule has 102 valence electrons. The van der Waals surface area contributed by atoms with Gasteiger partial charge in [0.25, 0.3) is 5.91 Å². The van der Waals surface area contributed by atoms with E-state index in [1.54, 1.807) is 25.1 Å². The molecule has 0 spiro atoms. The summed E-state index contributed by atoms with van der Waals surface area (Å²) in [4.78, 5) is 12.0. The first-order valence-corrected chi connectivity index (χ1v) is 6.20. The van der Waals surface area contributed by atoms with Crippen LogP contribution in [0.3, 0.4) is 0 Å². The molecule has 1 aromatic carbocycles. The van der Waals surface area contributed by atoms with E-state index in [9.17, 15) is 9.18 Å². The van der Waals surface area contributed by atoms with Crippen molar-refractivity contribution in [3.05, 3.63) is 59.1 Å². The molecule has 0 aliphatic heterocycles. The van der Waals surface area contributed by atoms with Crippen molar-refractivity contribution in [3.8, 4) is 0 Å². The highest BCUT2D eigenvalue weighted by atomic mass is 19.1. The van der Waals surface area contributed by atoms with Gasteiger partial charge in [-0.1, -0.05) is 31.2 Å². The summed E-state index contributed by atoms with van der Waals surface area (Å²) >= 11 is 0. The zero-order chi connectivity index (χ0) is 14.3. The van der Waals surface area contributed by atoms with Crippen molar-refractivity contribution < 1.29 is 9.18 Å². The number of hydrogen-bond acceptors (Lipinski definition) is 2. The lowest BCUT2D eigenvalue weighted by atomic mass is 10.1. The molecule has 0 saturated carbocycles. The second kappa shape index (κ2) is 7.36. The maximum atomic E-state index is 13.0. The largest absolute Gasteiger partial charge is 0.402 e. The molecule has 0 aliphatic carbocycles. The van der Waals surface area contributed by atoms with Crippen LogP contribution in [-0.4, -0.2) is 5.91 Å². The third-order valence-corrected chi connectivity index (χ3v) is 2.53. The van der Waals surface area contributed by atoms with Gasteiger partial charge in [0.1, 0.15) is 5.82 Å². The number of nitrogens with two attached hydrogens (primary N) is 1. The molecule has 0 saturated heterocycles. The molecular formula is C15H19FN2O. The molecular weight excluding hydrogens is 243 g/mol. The molecule has 0 unspecified atom stereocenters. The molecule has 3 nitrogen and oxygen atoms in total. The molecule has 0 atom stereocenters. The zero-order valence-corrected chi connectivity index (χ0v) is 11.2. The van der Waals surface area contributed by atoms with Crippen LogP contribution in [0, 0.1) is 5.82 Å². The van der Waals surface area contributed by atoms with Crippen LogP contribution in [0.4, 0.5) is 4.39 Å². The van der Waals surface area contributed by atoms with Gasteiger partial charge in [-0.05, 0) is 31.0 Å². The highest BCUT2D eigenvalue weighted by molar-refractivity contribution is 5.96. The number of carbonyl (C=O) groups is 1. The summed E-state index contributed by atoms with van der Waals surface area (Å²) in [5.74, 6) is -0.572. The number of amides is 1. The first-order chi connectivity index (χ1) is 9.04. The van der Waals surface area contributed by atoms with Crippen molar-refractivity contribution >= 4 is 5.91 Å². The molecule has 1 amide bonds. The predicted molar refractivity (Wildman–Crippen MR) is 74.6 cm³/mol. The van der Waals surface area contributed by atoms with E-state index >= 15 is 0 Å². The monoisotopic (exact) mass is 262 g/mol. The van der Waals surface area contributed by atoms with Gasteiger partial charge in [0.15, 0.2) is 0 Å². The standard InChI is InChI=1S/C15H19FN2O/c1-3-4-8-14(11(2)17)15(19)18-10-12-6-5-7-13(16)9-12/h4-9H,3,10,17H2,1-2H3,(H,18,19)/b8-4-,14-11-. The Labute approximate surface area is 113 Å². The van der Waals surface area contributed by atoms with Gasteiger partial charge in [-0.2, -0.15) is 0 Å². The minimum absolute atomic E-state index is 0.256. The fourth-order valence-electron chi connectivity index (χ4n) is 1.55. The number of rotatable bonds is 5. The van der Waals surface area contributed by atoms with Crippen molar-refractivity contribution in [2.45, 2.75) is 26.8 Å². The summed E-state index contributed by atoms with van der Waals surface area (Å²) in [7, 11) is 0. The number of hydrogen-bond donors (Lipinski definition) is 2. The van der Waals surface area contributed by atoms with E-state index < -0.39 is 0 Å².